The molecule has 1 saturated heterocycles. The molecule has 1 aliphatic carbocycles. The molecule has 2 atom stereocenters. The molecule has 0 unspecified atom stereocenters. The van der Waals surface area contributed by atoms with Crippen molar-refractivity contribution in [1.82, 2.24) is 10.2 Å². The lowest BCUT2D eigenvalue weighted by atomic mass is 9.91. The fraction of sp³-hybridized carbons (Fsp3) is 0.929. The van der Waals surface area contributed by atoms with Gasteiger partial charge in [0.25, 0.3) is 0 Å². The highest BCUT2D eigenvalue weighted by Crippen LogP contribution is 2.38. The summed E-state index contributed by atoms with van der Waals surface area (Å²) in [4.78, 5) is 13.5. The van der Waals surface area contributed by atoms with Crippen LogP contribution in [-0.2, 0) is 0 Å². The van der Waals surface area contributed by atoms with Crippen molar-refractivity contribution in [3.05, 3.63) is 0 Å². The number of alkyl halides is 3. The normalized spacial score (nSPS) is 28.7. The van der Waals surface area contributed by atoms with Crippen LogP contribution >= 0.6 is 11.8 Å². The van der Waals surface area contributed by atoms with E-state index >= 15 is 0 Å². The first-order chi connectivity index (χ1) is 10.2. The fourth-order valence-electron chi connectivity index (χ4n) is 3.09. The van der Waals surface area contributed by atoms with Crippen molar-refractivity contribution in [2.75, 3.05) is 18.8 Å². The molecule has 0 aromatic rings. The number of urea groups is 1. The number of piperidine rings is 1. The lowest BCUT2D eigenvalue weighted by molar-refractivity contribution is -0.271. The zero-order valence-corrected chi connectivity index (χ0v) is 13.5. The van der Waals surface area contributed by atoms with Crippen molar-refractivity contribution >= 4 is 17.8 Å². The number of thioether (sulfide) groups is 1. The smallest absolute Gasteiger partial charge is 0.380 e. The summed E-state index contributed by atoms with van der Waals surface area (Å²) < 4.78 is 38.2. The molecule has 1 heterocycles. The van der Waals surface area contributed by atoms with E-state index in [-0.39, 0.29) is 25.2 Å². The second-order valence-corrected chi connectivity index (χ2v) is 7.63. The van der Waals surface area contributed by atoms with Gasteiger partial charge in [0.1, 0.15) is 0 Å². The third-order valence-electron chi connectivity index (χ3n) is 4.52. The second-order valence-electron chi connectivity index (χ2n) is 6.05. The van der Waals surface area contributed by atoms with E-state index in [9.17, 15) is 23.1 Å². The number of nitrogens with zero attached hydrogens (tertiary/aromatic N) is 1. The highest BCUT2D eigenvalue weighted by molar-refractivity contribution is 7.99. The van der Waals surface area contributed by atoms with Crippen LogP contribution in [0.25, 0.3) is 0 Å². The number of rotatable bonds is 3. The molecule has 2 fully saturated rings. The largest absolute Gasteiger partial charge is 0.417 e. The topological polar surface area (TPSA) is 52.6 Å². The van der Waals surface area contributed by atoms with Gasteiger partial charge in [-0.2, -0.15) is 24.9 Å². The highest BCUT2D eigenvalue weighted by atomic mass is 32.2. The first kappa shape index (κ1) is 17.7. The Morgan fingerprint density at radius 3 is 2.55 bits per heavy atom. The summed E-state index contributed by atoms with van der Waals surface area (Å²) in [7, 11) is 0. The van der Waals surface area contributed by atoms with E-state index in [4.69, 9.17) is 0 Å². The molecule has 4 nitrogen and oxygen atoms in total. The van der Waals surface area contributed by atoms with Gasteiger partial charge in [-0.15, -0.1) is 0 Å². The van der Waals surface area contributed by atoms with E-state index in [1.807, 2.05) is 11.8 Å². The van der Waals surface area contributed by atoms with Gasteiger partial charge in [-0.05, 0) is 25.0 Å². The Hall–Kier alpha value is -0.630. The molecule has 0 bridgehead atoms. The van der Waals surface area contributed by atoms with E-state index in [0.717, 1.165) is 25.0 Å². The maximum absolute atomic E-state index is 12.7. The van der Waals surface area contributed by atoms with Crippen LogP contribution < -0.4 is 5.32 Å². The van der Waals surface area contributed by atoms with Crippen LogP contribution in [0.5, 0.6) is 0 Å². The first-order valence-corrected chi connectivity index (χ1v) is 8.76. The molecule has 0 aromatic heterocycles. The predicted octanol–water partition coefficient (Wildman–Crippen LogP) is 2.76. The lowest BCUT2D eigenvalue weighted by Gasteiger charge is -2.39. The quantitative estimate of drug-likeness (QED) is 0.831. The summed E-state index contributed by atoms with van der Waals surface area (Å²) in [5.41, 5.74) is -2.65. The summed E-state index contributed by atoms with van der Waals surface area (Å²) >= 11 is 1.88. The molecule has 2 rings (SSSR count). The van der Waals surface area contributed by atoms with Gasteiger partial charge in [-0.3, -0.25) is 0 Å². The maximum Gasteiger partial charge on any atom is 0.417 e. The lowest BCUT2D eigenvalue weighted by Crippen LogP contribution is -2.56. The maximum atomic E-state index is 12.7. The van der Waals surface area contributed by atoms with Crippen molar-refractivity contribution in [3.63, 3.8) is 0 Å². The minimum absolute atomic E-state index is 0.0678. The Balaban J connectivity index is 1.79. The Kier molecular flexibility index (Phi) is 5.53. The number of carbonyl (C=O) groups is 1. The number of halogens is 3. The van der Waals surface area contributed by atoms with E-state index in [0.29, 0.717) is 5.25 Å². The Labute approximate surface area is 132 Å². The second kappa shape index (κ2) is 6.86. The fourth-order valence-corrected chi connectivity index (χ4v) is 4.23. The third kappa shape index (κ3) is 4.01. The van der Waals surface area contributed by atoms with Gasteiger partial charge in [-0.1, -0.05) is 6.92 Å². The molecule has 128 valence electrons. The van der Waals surface area contributed by atoms with E-state index < -0.39 is 24.6 Å². The number of likely N-dealkylation sites (tertiary alicyclic amines) is 1. The summed E-state index contributed by atoms with van der Waals surface area (Å²) in [6, 6.07) is -0.198. The number of amides is 2. The monoisotopic (exact) mass is 340 g/mol. The predicted molar refractivity (Wildman–Crippen MR) is 79.9 cm³/mol. The third-order valence-corrected chi connectivity index (χ3v) is 5.75. The van der Waals surface area contributed by atoms with E-state index in [1.165, 1.54) is 4.90 Å². The first-order valence-electron chi connectivity index (χ1n) is 7.71. The minimum atomic E-state index is -4.63. The zero-order valence-electron chi connectivity index (χ0n) is 12.7. The zero-order chi connectivity index (χ0) is 16.4. The molecule has 0 radical (unpaired) electrons. The number of aliphatic hydroxyl groups is 1. The van der Waals surface area contributed by atoms with Crippen molar-refractivity contribution in [1.29, 1.82) is 0 Å². The van der Waals surface area contributed by atoms with Gasteiger partial charge in [0.05, 0.1) is 0 Å². The van der Waals surface area contributed by atoms with Crippen molar-refractivity contribution in [2.24, 2.45) is 0 Å². The van der Waals surface area contributed by atoms with Crippen LogP contribution in [0, 0.1) is 0 Å². The summed E-state index contributed by atoms with van der Waals surface area (Å²) in [6.45, 7) is 1.97. The van der Waals surface area contributed by atoms with Crippen LogP contribution in [0.3, 0.4) is 0 Å². The van der Waals surface area contributed by atoms with Crippen LogP contribution in [-0.4, -0.2) is 57.9 Å². The van der Waals surface area contributed by atoms with Gasteiger partial charge in [0.15, 0.2) is 5.60 Å². The average Bonchev–Trinajstić information content (AvgIpc) is 2.86. The van der Waals surface area contributed by atoms with Gasteiger partial charge in [0.2, 0.25) is 0 Å². The molecule has 1 aliphatic heterocycles. The molecule has 0 aromatic carbocycles. The molecule has 2 N–H and O–H groups in total. The SMILES string of the molecule is CCS[C@@H]1CC[C@H](NC(=O)N2CCC(O)(C(F)(F)F)CC2)C1. The Bertz CT molecular complexity index is 398. The molecule has 22 heavy (non-hydrogen) atoms. The van der Waals surface area contributed by atoms with Gasteiger partial charge >= 0.3 is 12.2 Å². The van der Waals surface area contributed by atoms with Crippen LogP contribution in [0.4, 0.5) is 18.0 Å². The van der Waals surface area contributed by atoms with Gasteiger partial charge in [-0.25, -0.2) is 4.79 Å². The molecular weight excluding hydrogens is 317 g/mol. The van der Waals surface area contributed by atoms with Crippen LogP contribution in [0.2, 0.25) is 0 Å². The molecule has 8 heteroatoms. The molecular formula is C14H23F3N2O2S. The van der Waals surface area contributed by atoms with Crippen LogP contribution in [0.1, 0.15) is 39.0 Å². The average molecular weight is 340 g/mol. The summed E-state index contributed by atoms with van der Waals surface area (Å²) in [5, 5.41) is 13.1. The van der Waals surface area contributed by atoms with E-state index in [2.05, 4.69) is 12.2 Å². The van der Waals surface area contributed by atoms with Crippen molar-refractivity contribution in [2.45, 2.75) is 62.1 Å². The summed E-state index contributed by atoms with van der Waals surface area (Å²) in [5.74, 6) is 1.05. The summed E-state index contributed by atoms with van der Waals surface area (Å²) in [6.07, 6.45) is -2.64. The van der Waals surface area contributed by atoms with Gasteiger partial charge in [0, 0.05) is 37.2 Å². The Morgan fingerprint density at radius 2 is 2.00 bits per heavy atom. The minimum Gasteiger partial charge on any atom is -0.380 e. The van der Waals surface area contributed by atoms with Gasteiger partial charge < -0.3 is 15.3 Å². The standard InChI is InChI=1S/C14H23F3N2O2S/c1-2-22-11-4-3-10(9-11)18-12(20)19-7-5-13(21,6-8-19)14(15,16)17/h10-11,21H,2-9H2,1H3,(H,18,20)/t10-,11+/m0/s1. The van der Waals surface area contributed by atoms with Crippen molar-refractivity contribution < 1.29 is 23.1 Å². The van der Waals surface area contributed by atoms with Crippen LogP contribution in [0.15, 0.2) is 0 Å². The number of nitrogens with one attached hydrogen (secondary N) is 1. The van der Waals surface area contributed by atoms with Crippen molar-refractivity contribution in [3.8, 4) is 0 Å². The number of hydrogen-bond acceptors (Lipinski definition) is 3. The number of hydrogen-bond donors (Lipinski definition) is 2. The molecule has 0 spiro atoms. The molecule has 1 saturated carbocycles. The number of carbonyl (C=O) groups excluding carboxylic acids is 1. The van der Waals surface area contributed by atoms with E-state index in [1.54, 1.807) is 0 Å². The molecule has 2 aliphatic rings. The Morgan fingerprint density at radius 1 is 1.36 bits per heavy atom. The molecule has 2 amide bonds. The highest BCUT2D eigenvalue weighted by Gasteiger charge is 2.55.